The maximum Gasteiger partial charge on any atom is 0.251 e. The maximum absolute atomic E-state index is 11.9. The first-order valence-electron chi connectivity index (χ1n) is 6.29. The third kappa shape index (κ3) is 3.66. The van der Waals surface area contributed by atoms with E-state index in [9.17, 15) is 4.79 Å². The molecule has 20 heavy (non-hydrogen) atoms. The minimum Gasteiger partial charge on any atom is -0.352 e. The van der Waals surface area contributed by atoms with Gasteiger partial charge in [-0.1, -0.05) is 0 Å². The summed E-state index contributed by atoms with van der Waals surface area (Å²) in [7, 11) is 0. The molecule has 1 aromatic carbocycles. The van der Waals surface area contributed by atoms with Crippen LogP contribution in [0.5, 0.6) is 0 Å². The van der Waals surface area contributed by atoms with Crippen LogP contribution < -0.4 is 5.32 Å². The maximum atomic E-state index is 11.9. The molecule has 2 aromatic rings. The van der Waals surface area contributed by atoms with Gasteiger partial charge in [0.05, 0.1) is 0 Å². The van der Waals surface area contributed by atoms with E-state index in [-0.39, 0.29) is 5.91 Å². The molecule has 2 rings (SSSR count). The lowest BCUT2D eigenvalue weighted by Crippen LogP contribution is -2.26. The van der Waals surface area contributed by atoms with Gasteiger partial charge in [-0.25, -0.2) is 0 Å². The van der Waals surface area contributed by atoms with Crippen LogP contribution in [0.25, 0.3) is 0 Å². The molecule has 0 bridgehead atoms. The van der Waals surface area contributed by atoms with Crippen LogP contribution in [0.2, 0.25) is 0 Å². The van der Waals surface area contributed by atoms with Crippen molar-refractivity contribution in [1.82, 2.24) is 20.1 Å². The fourth-order valence-electron chi connectivity index (χ4n) is 1.86. The Morgan fingerprint density at radius 3 is 2.80 bits per heavy atom. The molecule has 1 heterocycles. The molecule has 0 aliphatic carbocycles. The van der Waals surface area contributed by atoms with Crippen molar-refractivity contribution in [1.29, 1.82) is 0 Å². The lowest BCUT2D eigenvalue weighted by Gasteiger charge is -2.06. The summed E-state index contributed by atoms with van der Waals surface area (Å²) in [4.78, 5) is 11.9. The van der Waals surface area contributed by atoms with Crippen LogP contribution in [0.1, 0.15) is 23.1 Å². The molecule has 0 fully saturated rings. The van der Waals surface area contributed by atoms with Crippen LogP contribution in [-0.2, 0) is 13.0 Å². The number of benzene rings is 1. The first-order chi connectivity index (χ1) is 9.61. The molecule has 1 aromatic heterocycles. The zero-order chi connectivity index (χ0) is 14.5. The number of aromatic amines is 1. The molecule has 7 heteroatoms. The molecule has 0 saturated carbocycles. The van der Waals surface area contributed by atoms with Crippen molar-refractivity contribution in [3.63, 3.8) is 0 Å². The molecule has 5 nitrogen and oxygen atoms in total. The number of hydrogen-bond acceptors (Lipinski definition) is 3. The van der Waals surface area contributed by atoms with Crippen molar-refractivity contribution >= 4 is 40.7 Å². The van der Waals surface area contributed by atoms with E-state index in [2.05, 4.69) is 38.1 Å². The minimum atomic E-state index is -0.0708. The van der Waals surface area contributed by atoms with E-state index >= 15 is 0 Å². The summed E-state index contributed by atoms with van der Waals surface area (Å²) in [5.74, 6) is 0.791. The van der Waals surface area contributed by atoms with Crippen LogP contribution in [0.4, 0.5) is 0 Å². The van der Waals surface area contributed by atoms with Crippen LogP contribution in [0.3, 0.4) is 0 Å². The van der Waals surface area contributed by atoms with Gasteiger partial charge >= 0.3 is 0 Å². The van der Waals surface area contributed by atoms with Gasteiger partial charge in [-0.2, -0.15) is 5.10 Å². The second kappa shape index (κ2) is 6.98. The van der Waals surface area contributed by atoms with E-state index in [4.69, 9.17) is 12.2 Å². The third-order valence-corrected chi connectivity index (χ3v) is 3.92. The van der Waals surface area contributed by atoms with Crippen LogP contribution >= 0.6 is 34.8 Å². The molecule has 0 radical (unpaired) electrons. The second-order valence-corrected chi connectivity index (χ2v) is 5.83. The zero-order valence-corrected chi connectivity index (χ0v) is 14.0. The van der Waals surface area contributed by atoms with Crippen LogP contribution in [-0.4, -0.2) is 27.2 Å². The van der Waals surface area contributed by atoms with Crippen LogP contribution in [0.15, 0.2) is 24.3 Å². The van der Waals surface area contributed by atoms with E-state index in [1.165, 1.54) is 0 Å². The highest BCUT2D eigenvalue weighted by Gasteiger charge is 2.07. The number of rotatable bonds is 5. The Balaban J connectivity index is 1.91. The van der Waals surface area contributed by atoms with Gasteiger partial charge < -0.3 is 9.88 Å². The van der Waals surface area contributed by atoms with Crippen molar-refractivity contribution < 1.29 is 4.79 Å². The molecule has 0 spiro atoms. The monoisotopic (exact) mass is 402 g/mol. The van der Waals surface area contributed by atoms with Crippen molar-refractivity contribution in [2.75, 3.05) is 6.54 Å². The zero-order valence-electron chi connectivity index (χ0n) is 11.0. The van der Waals surface area contributed by atoms with Gasteiger partial charge in [0.25, 0.3) is 5.91 Å². The first kappa shape index (κ1) is 15.2. The topological polar surface area (TPSA) is 62.7 Å². The number of aromatic nitrogens is 3. The summed E-state index contributed by atoms with van der Waals surface area (Å²) in [6.45, 7) is 3.32. The lowest BCUT2D eigenvalue weighted by molar-refractivity contribution is 0.0954. The Kier molecular flexibility index (Phi) is 5.30. The molecule has 106 valence electrons. The predicted octanol–water partition coefficient (Wildman–Crippen LogP) is 2.54. The van der Waals surface area contributed by atoms with E-state index in [0.29, 0.717) is 23.3 Å². The number of nitrogens with one attached hydrogen (secondary N) is 2. The smallest absolute Gasteiger partial charge is 0.251 e. The summed E-state index contributed by atoms with van der Waals surface area (Å²) in [5, 5.41) is 9.81. The Morgan fingerprint density at radius 1 is 1.45 bits per heavy atom. The predicted molar refractivity (Wildman–Crippen MR) is 88.3 cm³/mol. The van der Waals surface area contributed by atoms with Crippen molar-refractivity contribution in [3.8, 4) is 0 Å². The average Bonchev–Trinajstić information content (AvgIpc) is 2.80. The summed E-state index contributed by atoms with van der Waals surface area (Å²) in [5.41, 5.74) is 0.666. The largest absolute Gasteiger partial charge is 0.352 e. The Hall–Kier alpha value is -1.22. The molecular formula is C13H15IN4OS. The first-order valence-corrected chi connectivity index (χ1v) is 7.78. The quantitative estimate of drug-likeness (QED) is 0.597. The molecule has 2 N–H and O–H groups in total. The number of H-pyrrole nitrogens is 1. The van der Waals surface area contributed by atoms with E-state index in [0.717, 1.165) is 15.9 Å². The normalized spacial score (nSPS) is 10.5. The van der Waals surface area contributed by atoms with Gasteiger partial charge in [0.15, 0.2) is 4.77 Å². The molecule has 0 aliphatic rings. The highest BCUT2D eigenvalue weighted by molar-refractivity contribution is 14.1. The van der Waals surface area contributed by atoms with E-state index in [1.807, 2.05) is 35.8 Å². The van der Waals surface area contributed by atoms with Gasteiger partial charge in [0.2, 0.25) is 0 Å². The highest BCUT2D eigenvalue weighted by atomic mass is 127. The third-order valence-electron chi connectivity index (χ3n) is 2.89. The van der Waals surface area contributed by atoms with Gasteiger partial charge in [-0.15, -0.1) is 0 Å². The minimum absolute atomic E-state index is 0.0708. The molecule has 0 atom stereocenters. The van der Waals surface area contributed by atoms with Crippen molar-refractivity contribution in [2.24, 2.45) is 0 Å². The SMILES string of the molecule is CCn1c(CCNC(=O)c2ccc(I)cc2)n[nH]c1=S. The summed E-state index contributed by atoms with van der Waals surface area (Å²) in [6, 6.07) is 7.47. The summed E-state index contributed by atoms with van der Waals surface area (Å²) >= 11 is 7.33. The Labute approximate surface area is 135 Å². The standard InChI is InChI=1S/C13H15IN4OS/c1-2-18-11(16-17-13(18)20)7-8-15-12(19)9-3-5-10(14)6-4-9/h3-6H,2,7-8H2,1H3,(H,15,19)(H,17,20). The second-order valence-electron chi connectivity index (χ2n) is 4.20. The number of carbonyl (C=O) groups excluding carboxylic acids is 1. The van der Waals surface area contributed by atoms with Gasteiger partial charge in [-0.05, 0) is 66.0 Å². The highest BCUT2D eigenvalue weighted by Crippen LogP contribution is 2.06. The Bertz CT molecular complexity index is 647. The van der Waals surface area contributed by atoms with Crippen molar-refractivity contribution in [3.05, 3.63) is 44.0 Å². The molecule has 0 saturated heterocycles. The number of halogens is 1. The number of carbonyl (C=O) groups is 1. The van der Waals surface area contributed by atoms with E-state index < -0.39 is 0 Å². The van der Waals surface area contributed by atoms with Gasteiger partial charge in [-0.3, -0.25) is 9.89 Å². The number of hydrogen-bond donors (Lipinski definition) is 2. The fraction of sp³-hybridized carbons (Fsp3) is 0.308. The van der Waals surface area contributed by atoms with Gasteiger partial charge in [0, 0.05) is 28.6 Å². The Morgan fingerprint density at radius 2 is 2.15 bits per heavy atom. The van der Waals surface area contributed by atoms with Crippen LogP contribution in [0, 0.1) is 8.34 Å². The lowest BCUT2D eigenvalue weighted by atomic mass is 10.2. The van der Waals surface area contributed by atoms with E-state index in [1.54, 1.807) is 0 Å². The fourth-order valence-corrected chi connectivity index (χ4v) is 2.50. The molecular weight excluding hydrogens is 387 g/mol. The van der Waals surface area contributed by atoms with Crippen molar-refractivity contribution in [2.45, 2.75) is 19.9 Å². The molecule has 0 aliphatic heterocycles. The van der Waals surface area contributed by atoms with Gasteiger partial charge in [0.1, 0.15) is 5.82 Å². The summed E-state index contributed by atoms with van der Waals surface area (Å²) < 4.78 is 3.65. The average molecular weight is 402 g/mol. The molecule has 1 amide bonds. The number of nitrogens with zero attached hydrogens (tertiary/aromatic N) is 2. The summed E-state index contributed by atoms with van der Waals surface area (Å²) in [6.07, 6.45) is 0.650. The molecule has 0 unspecified atom stereocenters. The number of amides is 1.